The van der Waals surface area contributed by atoms with Crippen LogP contribution in [0.15, 0.2) is 0 Å². The molecule has 5 aliphatic rings. The van der Waals surface area contributed by atoms with Crippen molar-refractivity contribution >= 4 is 35.8 Å². The second kappa shape index (κ2) is 9.63. The van der Waals surface area contributed by atoms with Gasteiger partial charge in [-0.2, -0.15) is 0 Å². The van der Waals surface area contributed by atoms with Crippen molar-refractivity contribution in [2.75, 3.05) is 0 Å². The Balaban J connectivity index is 1.83. The molecule has 0 N–H and O–H groups in total. The Kier molecular flexibility index (Phi) is 6.92. The van der Waals surface area contributed by atoms with Gasteiger partial charge in [0.25, 0.3) is 0 Å². The third-order valence-electron chi connectivity index (χ3n) is 9.44. The molecule has 12 atom stereocenters. The SMILES string of the molecule is CC(=O)O[C@H]1C[C@@]2(C)O[C@H]2[C@@H]2OC(=O)C3(C)O[C@]23[C@@H](OC(C)=O)[C@H]2[C@@H](C)OC(=O)C[C@H](OC(C)=O)[C@]2(C)[C@H]1OC(C)=O. The Labute approximate surface area is 241 Å². The number of epoxide rings is 2. The maximum atomic E-state index is 13.2. The van der Waals surface area contributed by atoms with Crippen LogP contribution in [-0.2, 0) is 66.7 Å². The molecule has 0 aromatic rings. The second-order valence-electron chi connectivity index (χ2n) is 12.4. The van der Waals surface area contributed by atoms with E-state index in [1.165, 1.54) is 20.8 Å². The van der Waals surface area contributed by atoms with E-state index in [1.54, 1.807) is 20.8 Å². The highest BCUT2D eigenvalue weighted by Crippen LogP contribution is 2.68. The van der Waals surface area contributed by atoms with Crippen LogP contribution >= 0.6 is 0 Å². The zero-order valence-corrected chi connectivity index (χ0v) is 24.7. The number of esters is 6. The molecule has 0 aromatic carbocycles. The first-order valence-electron chi connectivity index (χ1n) is 13.9. The fraction of sp³-hybridized carbons (Fsp3) is 0.786. The third kappa shape index (κ3) is 4.36. The smallest absolute Gasteiger partial charge is 0.342 e. The number of fused-ring (bicyclic) bond motifs is 3. The van der Waals surface area contributed by atoms with Crippen LogP contribution in [0.5, 0.6) is 0 Å². The Morgan fingerprint density at radius 1 is 0.786 bits per heavy atom. The van der Waals surface area contributed by atoms with Crippen LogP contribution in [-0.4, -0.2) is 95.3 Å². The monoisotopic (exact) mass is 596 g/mol. The fourth-order valence-electron chi connectivity index (χ4n) is 7.69. The molecule has 5 rings (SSSR count). The van der Waals surface area contributed by atoms with Gasteiger partial charge in [-0.05, 0) is 20.8 Å². The topological polar surface area (TPSA) is 183 Å². The van der Waals surface area contributed by atoms with Gasteiger partial charge in [-0.15, -0.1) is 0 Å². The summed E-state index contributed by atoms with van der Waals surface area (Å²) in [4.78, 5) is 76.6. The van der Waals surface area contributed by atoms with E-state index >= 15 is 0 Å². The summed E-state index contributed by atoms with van der Waals surface area (Å²) in [6.07, 6.45) is -8.76. The van der Waals surface area contributed by atoms with E-state index in [9.17, 15) is 28.8 Å². The Hall–Kier alpha value is -3.26. The van der Waals surface area contributed by atoms with Crippen LogP contribution in [0.3, 0.4) is 0 Å². The molecule has 1 saturated carbocycles. The van der Waals surface area contributed by atoms with Crippen molar-refractivity contribution in [2.45, 2.75) is 128 Å². The quantitative estimate of drug-likeness (QED) is 0.251. The highest BCUT2D eigenvalue weighted by atomic mass is 16.8. The van der Waals surface area contributed by atoms with Crippen LogP contribution in [0, 0.1) is 11.3 Å². The van der Waals surface area contributed by atoms with Gasteiger partial charge in [0.15, 0.2) is 17.3 Å². The van der Waals surface area contributed by atoms with Gasteiger partial charge in [0.2, 0.25) is 0 Å². The molecule has 4 saturated heterocycles. The number of hydrogen-bond donors (Lipinski definition) is 0. The molecule has 1 spiro atoms. The minimum Gasteiger partial charge on any atom is -0.462 e. The second-order valence-corrected chi connectivity index (χ2v) is 12.4. The third-order valence-corrected chi connectivity index (χ3v) is 9.44. The lowest BCUT2D eigenvalue weighted by molar-refractivity contribution is -0.225. The Bertz CT molecular complexity index is 1250. The summed E-state index contributed by atoms with van der Waals surface area (Å²) in [5.74, 6) is -5.58. The van der Waals surface area contributed by atoms with Crippen molar-refractivity contribution < 1.29 is 66.7 Å². The van der Waals surface area contributed by atoms with E-state index < -0.39 is 113 Å². The molecule has 4 aliphatic heterocycles. The minimum atomic E-state index is -1.65. The average molecular weight is 597 g/mol. The van der Waals surface area contributed by atoms with Crippen LogP contribution in [0.2, 0.25) is 0 Å². The number of ether oxygens (including phenoxy) is 8. The molecule has 232 valence electrons. The Morgan fingerprint density at radius 3 is 1.90 bits per heavy atom. The van der Waals surface area contributed by atoms with Crippen LogP contribution in [0.1, 0.15) is 68.2 Å². The van der Waals surface area contributed by atoms with Gasteiger partial charge in [0.1, 0.15) is 36.6 Å². The van der Waals surface area contributed by atoms with Gasteiger partial charge in [-0.1, -0.05) is 6.92 Å². The highest BCUT2D eigenvalue weighted by Gasteiger charge is 2.91. The summed E-state index contributed by atoms with van der Waals surface area (Å²) in [7, 11) is 0. The van der Waals surface area contributed by atoms with E-state index in [0.717, 1.165) is 13.8 Å². The van der Waals surface area contributed by atoms with E-state index in [4.69, 9.17) is 37.9 Å². The maximum absolute atomic E-state index is 13.2. The van der Waals surface area contributed by atoms with Crippen LogP contribution in [0.4, 0.5) is 0 Å². The summed E-state index contributed by atoms with van der Waals surface area (Å²) < 4.78 is 47.3. The molecule has 1 aliphatic carbocycles. The molecule has 0 bridgehead atoms. The molecule has 5 fully saturated rings. The number of cyclic esters (lactones) is 1. The van der Waals surface area contributed by atoms with Crippen LogP contribution < -0.4 is 0 Å². The number of carbonyl (C=O) groups excluding carboxylic acids is 6. The average Bonchev–Trinajstić information content (AvgIpc) is 3.68. The van der Waals surface area contributed by atoms with Gasteiger partial charge in [0.05, 0.1) is 17.4 Å². The lowest BCUT2D eigenvalue weighted by Crippen LogP contribution is -2.65. The lowest BCUT2D eigenvalue weighted by atomic mass is 9.58. The summed E-state index contributed by atoms with van der Waals surface area (Å²) in [5.41, 5.74) is -5.90. The van der Waals surface area contributed by atoms with Gasteiger partial charge >= 0.3 is 35.8 Å². The van der Waals surface area contributed by atoms with Gasteiger partial charge in [-0.25, -0.2) is 4.79 Å². The molecule has 4 heterocycles. The summed E-state index contributed by atoms with van der Waals surface area (Å²) in [6, 6.07) is 0. The van der Waals surface area contributed by atoms with Crippen molar-refractivity contribution in [2.24, 2.45) is 11.3 Å². The van der Waals surface area contributed by atoms with E-state index in [-0.39, 0.29) is 6.42 Å². The maximum Gasteiger partial charge on any atom is 0.342 e. The predicted molar refractivity (Wildman–Crippen MR) is 134 cm³/mol. The fourth-order valence-corrected chi connectivity index (χ4v) is 7.69. The molecule has 42 heavy (non-hydrogen) atoms. The molecule has 0 aromatic heterocycles. The van der Waals surface area contributed by atoms with Gasteiger partial charge in [0, 0.05) is 40.0 Å². The summed E-state index contributed by atoms with van der Waals surface area (Å²) >= 11 is 0. The molecule has 0 radical (unpaired) electrons. The van der Waals surface area contributed by atoms with Gasteiger partial charge < -0.3 is 37.9 Å². The highest BCUT2D eigenvalue weighted by molar-refractivity contribution is 5.89. The van der Waals surface area contributed by atoms with Crippen molar-refractivity contribution in [1.82, 2.24) is 0 Å². The first-order valence-corrected chi connectivity index (χ1v) is 13.9. The predicted octanol–water partition coefficient (Wildman–Crippen LogP) is 0.685. The zero-order chi connectivity index (χ0) is 31.2. The minimum absolute atomic E-state index is 0.0352. The normalized spacial score (nSPS) is 47.0. The van der Waals surface area contributed by atoms with Gasteiger partial charge in [-0.3, -0.25) is 24.0 Å². The Morgan fingerprint density at radius 2 is 1.36 bits per heavy atom. The number of rotatable bonds is 4. The lowest BCUT2D eigenvalue weighted by Gasteiger charge is -2.51. The van der Waals surface area contributed by atoms with Crippen molar-refractivity contribution in [3.8, 4) is 0 Å². The van der Waals surface area contributed by atoms with E-state index in [0.29, 0.717) is 0 Å². The number of carbonyl (C=O) groups is 6. The largest absolute Gasteiger partial charge is 0.462 e. The molecular formula is C28H36O14. The summed E-state index contributed by atoms with van der Waals surface area (Å²) in [6.45, 7) is 11.0. The summed E-state index contributed by atoms with van der Waals surface area (Å²) in [5, 5.41) is 0. The molecule has 1 unspecified atom stereocenters. The molecule has 14 nitrogen and oxygen atoms in total. The van der Waals surface area contributed by atoms with E-state index in [2.05, 4.69) is 0 Å². The van der Waals surface area contributed by atoms with Crippen molar-refractivity contribution in [3.63, 3.8) is 0 Å². The first kappa shape index (κ1) is 30.2. The van der Waals surface area contributed by atoms with Crippen molar-refractivity contribution in [1.29, 1.82) is 0 Å². The molecule has 14 heteroatoms. The van der Waals surface area contributed by atoms with Crippen LogP contribution in [0.25, 0.3) is 0 Å². The first-order chi connectivity index (χ1) is 19.4. The molecular weight excluding hydrogens is 560 g/mol. The number of hydrogen-bond acceptors (Lipinski definition) is 14. The zero-order valence-electron chi connectivity index (χ0n) is 24.7. The standard InChI is InChI=1S/C28H36O14/c1-11-19-21(39-15(5)32)28-23(40-24(34)27(28,8)42-28)22-25(6,41-22)10-16(36-12(2)29)20(38-14(4)31)26(19,7)17(37-13(3)30)9-18(33)35-11/h11,16-17,19-23H,9-10H2,1-8H3/t11-,16+,17+,19-,20+,21+,22+,23+,25-,26+,27?,28-/m1/s1. The van der Waals surface area contributed by atoms with E-state index in [1.807, 2.05) is 0 Å². The molecule has 0 amide bonds. The van der Waals surface area contributed by atoms with Crippen molar-refractivity contribution in [3.05, 3.63) is 0 Å².